The molecule has 3 rings (SSSR count). The Morgan fingerprint density at radius 3 is 2.13 bits per heavy atom. The van der Waals surface area contributed by atoms with Crippen LogP contribution in [-0.2, 0) is 28.8 Å². The van der Waals surface area contributed by atoms with Crippen LogP contribution in [0.25, 0.3) is 0 Å². The predicted octanol–water partition coefficient (Wildman–Crippen LogP) is 0.567. The van der Waals surface area contributed by atoms with Crippen LogP contribution in [0.5, 0.6) is 0 Å². The van der Waals surface area contributed by atoms with E-state index in [4.69, 9.17) is 0 Å². The predicted molar refractivity (Wildman–Crippen MR) is 167 cm³/mol. The lowest BCUT2D eigenvalue weighted by Gasteiger charge is -2.39. The Labute approximate surface area is 266 Å². The zero-order chi connectivity index (χ0) is 33.7. The first-order valence-electron chi connectivity index (χ1n) is 16.0. The first-order chi connectivity index (χ1) is 20.9. The van der Waals surface area contributed by atoms with Crippen LogP contribution in [0.1, 0.15) is 86.5 Å². The lowest BCUT2D eigenvalue weighted by molar-refractivity contribution is -0.145. The Balaban J connectivity index is 1.72. The molecule has 1 aliphatic carbocycles. The highest BCUT2D eigenvalue weighted by Crippen LogP contribution is 2.34. The highest BCUT2D eigenvalue weighted by Gasteiger charge is 2.44. The third-order valence-corrected chi connectivity index (χ3v) is 8.73. The second-order valence-electron chi connectivity index (χ2n) is 14.6. The van der Waals surface area contributed by atoms with Gasteiger partial charge in [-0.1, -0.05) is 60.5 Å². The standard InChI is InChI=1S/C32H52N6O7/c1-8-15-33-28(43)25(41)20(17-19-11-12-19)34-27(42)21-10-9-16-37(21)29(44)26(32(5,6)7)36-30(45)35-22(31(2,3)4)18-38-23(39)13-14-24(38)40/h8,19-22,26,30,35-36,45H,1,9-18H2,2-7H3,(H,33,43)(H,34,42)/t20?,21-,22+,26+,30?/m0/s1. The van der Waals surface area contributed by atoms with Gasteiger partial charge in [-0.15, -0.1) is 6.58 Å². The Bertz CT molecular complexity index is 1140. The third-order valence-electron chi connectivity index (χ3n) is 8.73. The van der Waals surface area contributed by atoms with Gasteiger partial charge >= 0.3 is 0 Å². The van der Waals surface area contributed by atoms with E-state index in [0.29, 0.717) is 25.8 Å². The van der Waals surface area contributed by atoms with Crippen molar-refractivity contribution < 1.29 is 33.9 Å². The van der Waals surface area contributed by atoms with Gasteiger partial charge in [-0.2, -0.15) is 0 Å². The molecule has 5 atom stereocenters. The molecule has 0 radical (unpaired) electrons. The fourth-order valence-electron chi connectivity index (χ4n) is 5.74. The van der Waals surface area contributed by atoms with Crippen LogP contribution in [0.3, 0.4) is 0 Å². The molecule has 13 nitrogen and oxygen atoms in total. The lowest BCUT2D eigenvalue weighted by atomic mass is 9.85. The third kappa shape index (κ3) is 9.91. The van der Waals surface area contributed by atoms with E-state index >= 15 is 0 Å². The number of carbonyl (C=O) groups excluding carboxylic acids is 6. The highest BCUT2D eigenvalue weighted by molar-refractivity contribution is 6.38. The van der Waals surface area contributed by atoms with Gasteiger partial charge in [0.25, 0.3) is 5.91 Å². The molecule has 1 saturated carbocycles. The molecule has 0 aromatic heterocycles. The molecule has 2 heterocycles. The van der Waals surface area contributed by atoms with Crippen molar-refractivity contribution in [3.63, 3.8) is 0 Å². The number of hydrogen-bond donors (Lipinski definition) is 5. The highest BCUT2D eigenvalue weighted by atomic mass is 16.3. The average molecular weight is 633 g/mol. The van der Waals surface area contributed by atoms with Gasteiger partial charge in [-0.05, 0) is 36.0 Å². The van der Waals surface area contributed by atoms with Gasteiger partial charge in [-0.25, -0.2) is 0 Å². The largest absolute Gasteiger partial charge is 0.365 e. The maximum atomic E-state index is 14.0. The number of nitrogens with one attached hydrogen (secondary N) is 4. The maximum Gasteiger partial charge on any atom is 0.289 e. The summed E-state index contributed by atoms with van der Waals surface area (Å²) in [6, 6.07) is -3.23. The molecule has 252 valence electrons. The monoisotopic (exact) mass is 632 g/mol. The lowest BCUT2D eigenvalue weighted by Crippen LogP contribution is -2.63. The van der Waals surface area contributed by atoms with E-state index in [1.54, 1.807) is 0 Å². The Morgan fingerprint density at radius 1 is 0.978 bits per heavy atom. The van der Waals surface area contributed by atoms with Crippen LogP contribution < -0.4 is 21.3 Å². The van der Waals surface area contributed by atoms with Crippen molar-refractivity contribution in [1.82, 2.24) is 31.1 Å². The van der Waals surface area contributed by atoms with Gasteiger partial charge in [0.2, 0.25) is 29.4 Å². The fourth-order valence-corrected chi connectivity index (χ4v) is 5.74. The molecule has 0 spiro atoms. The van der Waals surface area contributed by atoms with Crippen LogP contribution >= 0.6 is 0 Å². The minimum Gasteiger partial charge on any atom is -0.365 e. The topological polar surface area (TPSA) is 177 Å². The normalized spacial score (nSPS) is 21.7. The molecule has 0 bridgehead atoms. The Morgan fingerprint density at radius 2 is 1.60 bits per heavy atom. The first-order valence-corrected chi connectivity index (χ1v) is 16.0. The van der Waals surface area contributed by atoms with Crippen LogP contribution in [0.2, 0.25) is 0 Å². The first kappa shape index (κ1) is 36.3. The SMILES string of the molecule is C=CCNC(=O)C(=O)C(CC1CC1)NC(=O)[C@@H]1CCCN1C(=O)[C@@H](NC(O)N[C@H](CN1C(=O)CCC1=O)C(C)(C)C)C(C)(C)C. The molecule has 3 fully saturated rings. The second-order valence-corrected chi connectivity index (χ2v) is 14.6. The summed E-state index contributed by atoms with van der Waals surface area (Å²) < 4.78 is 0. The van der Waals surface area contributed by atoms with Crippen LogP contribution in [0, 0.1) is 16.7 Å². The summed E-state index contributed by atoms with van der Waals surface area (Å²) in [5, 5.41) is 22.4. The average Bonchev–Trinajstić information content (AvgIpc) is 3.52. The maximum absolute atomic E-state index is 14.0. The number of likely N-dealkylation sites (tertiary alicyclic amines) is 2. The van der Waals surface area contributed by atoms with Crippen LogP contribution in [0.15, 0.2) is 12.7 Å². The number of nitrogens with zero attached hydrogens (tertiary/aromatic N) is 2. The van der Waals surface area contributed by atoms with Crippen molar-refractivity contribution in [2.24, 2.45) is 16.7 Å². The van der Waals surface area contributed by atoms with E-state index in [0.717, 1.165) is 12.8 Å². The molecular formula is C32H52N6O7. The van der Waals surface area contributed by atoms with Gasteiger partial charge in [-0.3, -0.25) is 44.3 Å². The van der Waals surface area contributed by atoms with Gasteiger partial charge in [0.1, 0.15) is 6.04 Å². The molecule has 45 heavy (non-hydrogen) atoms. The number of imide groups is 1. The zero-order valence-electron chi connectivity index (χ0n) is 27.6. The fraction of sp³-hybridized carbons (Fsp3) is 0.750. The number of hydrogen-bond acceptors (Lipinski definition) is 9. The van der Waals surface area contributed by atoms with E-state index in [1.807, 2.05) is 41.5 Å². The summed E-state index contributed by atoms with van der Waals surface area (Å²) in [6.45, 7) is 15.4. The summed E-state index contributed by atoms with van der Waals surface area (Å²) in [5.41, 5.74) is -1.14. The quantitative estimate of drug-likeness (QED) is 0.0747. The molecule has 2 aliphatic heterocycles. The van der Waals surface area contributed by atoms with E-state index < -0.39 is 58.9 Å². The summed E-state index contributed by atoms with van der Waals surface area (Å²) in [4.78, 5) is 80.1. The van der Waals surface area contributed by atoms with Gasteiger partial charge < -0.3 is 20.6 Å². The van der Waals surface area contributed by atoms with Gasteiger partial charge in [0.15, 0.2) is 6.35 Å². The number of aliphatic hydroxyl groups excluding tert-OH is 1. The summed E-state index contributed by atoms with van der Waals surface area (Å²) in [6.07, 6.45) is 3.61. The van der Waals surface area contributed by atoms with Crippen molar-refractivity contribution in [3.8, 4) is 0 Å². The summed E-state index contributed by atoms with van der Waals surface area (Å²) >= 11 is 0. The van der Waals surface area contributed by atoms with Gasteiger partial charge in [0.05, 0.1) is 12.1 Å². The molecule has 0 aromatic rings. The van der Waals surface area contributed by atoms with Crippen LogP contribution in [0.4, 0.5) is 0 Å². The van der Waals surface area contributed by atoms with Crippen LogP contribution in [-0.4, -0.2) is 100 Å². The minimum absolute atomic E-state index is 0.0781. The summed E-state index contributed by atoms with van der Waals surface area (Å²) in [7, 11) is 0. The minimum atomic E-state index is -1.38. The van der Waals surface area contributed by atoms with Gasteiger partial charge in [0, 0.05) is 38.5 Å². The zero-order valence-corrected chi connectivity index (χ0v) is 27.6. The molecular weight excluding hydrogens is 580 g/mol. The number of carbonyl (C=O) groups is 6. The van der Waals surface area contributed by atoms with Crippen molar-refractivity contribution >= 4 is 35.3 Å². The molecule has 2 unspecified atom stereocenters. The molecule has 13 heteroatoms. The number of aliphatic hydroxyl groups is 1. The van der Waals surface area contributed by atoms with E-state index in [-0.39, 0.29) is 49.6 Å². The summed E-state index contributed by atoms with van der Waals surface area (Å²) in [5.74, 6) is -2.62. The van der Waals surface area contributed by atoms with E-state index in [1.165, 1.54) is 15.9 Å². The number of Topliss-reactive ketones (excluding diaryl/α,β-unsaturated/α-hetero) is 1. The molecule has 3 aliphatic rings. The van der Waals surface area contributed by atoms with Crippen molar-refractivity contribution in [1.29, 1.82) is 0 Å². The van der Waals surface area contributed by atoms with Crippen molar-refractivity contribution in [2.75, 3.05) is 19.6 Å². The second kappa shape index (κ2) is 15.0. The van der Waals surface area contributed by atoms with E-state index in [2.05, 4.69) is 27.8 Å². The molecule has 0 aromatic carbocycles. The number of ketones is 1. The Hall–Kier alpha value is -3.16. The molecule has 5 amide bonds. The number of amides is 5. The number of rotatable bonds is 15. The van der Waals surface area contributed by atoms with Crippen molar-refractivity contribution in [3.05, 3.63) is 12.7 Å². The van der Waals surface area contributed by atoms with Crippen molar-refractivity contribution in [2.45, 2.75) is 117 Å². The smallest absolute Gasteiger partial charge is 0.289 e. The molecule has 5 N–H and O–H groups in total. The molecule has 2 saturated heterocycles. The Kier molecular flexibility index (Phi) is 12.1. The van der Waals surface area contributed by atoms with E-state index in [9.17, 15) is 33.9 Å².